The molecule has 138 valence electrons. The molecule has 1 N–H and O–H groups in total. The fourth-order valence-corrected chi connectivity index (χ4v) is 4.02. The van der Waals surface area contributed by atoms with E-state index in [2.05, 4.69) is 34.6 Å². The highest BCUT2D eigenvalue weighted by Gasteiger charge is 2.35. The fraction of sp³-hybridized carbons (Fsp3) is 0.500. The first-order valence-electron chi connectivity index (χ1n) is 9.39. The Morgan fingerprint density at radius 3 is 2.92 bits per heavy atom. The predicted molar refractivity (Wildman–Crippen MR) is 98.7 cm³/mol. The molecule has 2 aliphatic heterocycles. The average Bonchev–Trinajstić information content (AvgIpc) is 3.37. The third-order valence-electron chi connectivity index (χ3n) is 5.45. The van der Waals surface area contributed by atoms with E-state index in [1.54, 1.807) is 6.20 Å². The number of imidazole rings is 1. The molecule has 1 aromatic heterocycles. The second-order valence-corrected chi connectivity index (χ2v) is 7.32. The van der Waals surface area contributed by atoms with Crippen molar-refractivity contribution in [3.63, 3.8) is 0 Å². The van der Waals surface area contributed by atoms with Crippen LogP contribution in [0.1, 0.15) is 30.3 Å². The largest absolute Gasteiger partial charge is 0.368 e. The number of aryl methyl sites for hydroxylation is 1. The lowest BCUT2D eigenvalue weighted by molar-refractivity contribution is 0.0895. The van der Waals surface area contributed by atoms with Crippen LogP contribution in [0.2, 0.25) is 0 Å². The van der Waals surface area contributed by atoms with Crippen LogP contribution < -0.4 is 5.32 Å². The van der Waals surface area contributed by atoms with E-state index in [4.69, 9.17) is 4.74 Å². The Bertz CT molecular complexity index is 745. The number of carbonyl (C=O) groups excluding carboxylic acids is 1. The van der Waals surface area contributed by atoms with Crippen molar-refractivity contribution in [3.8, 4) is 0 Å². The van der Waals surface area contributed by atoms with Crippen molar-refractivity contribution < 1.29 is 9.53 Å². The van der Waals surface area contributed by atoms with Gasteiger partial charge in [0.25, 0.3) is 0 Å². The molecule has 2 fully saturated rings. The molecule has 3 atom stereocenters. The van der Waals surface area contributed by atoms with Crippen LogP contribution in [0.25, 0.3) is 0 Å². The molecular formula is C20H26N4O2. The quantitative estimate of drug-likeness (QED) is 0.918. The summed E-state index contributed by atoms with van der Waals surface area (Å²) < 4.78 is 7.80. The lowest BCUT2D eigenvalue weighted by Crippen LogP contribution is -2.45. The number of carbonyl (C=O) groups is 1. The van der Waals surface area contributed by atoms with Gasteiger partial charge in [0, 0.05) is 39.1 Å². The fourth-order valence-electron chi connectivity index (χ4n) is 4.02. The number of hydrogen-bond donors (Lipinski definition) is 1. The number of urea groups is 1. The summed E-state index contributed by atoms with van der Waals surface area (Å²) in [6.07, 6.45) is 6.43. The monoisotopic (exact) mass is 354 g/mol. The van der Waals surface area contributed by atoms with Gasteiger partial charge in [-0.15, -0.1) is 0 Å². The molecule has 0 bridgehead atoms. The number of benzene rings is 1. The zero-order valence-electron chi connectivity index (χ0n) is 15.2. The van der Waals surface area contributed by atoms with Crippen molar-refractivity contribution in [2.45, 2.75) is 31.4 Å². The standard InChI is InChI=1S/C20H26N4O2/c1-23-11-9-21-19(23)18-17(8-12-26-18)22-20(25)24-10-7-16(14-24)13-15-5-3-2-4-6-15/h2-6,9,11,16-18H,7-8,10,12-14H2,1H3,(H,22,25)/t16?,17-,18-/m1/s1. The molecule has 6 heteroatoms. The molecular weight excluding hydrogens is 328 g/mol. The summed E-state index contributed by atoms with van der Waals surface area (Å²) in [5.41, 5.74) is 1.35. The van der Waals surface area contributed by atoms with Crippen LogP contribution in [0.5, 0.6) is 0 Å². The van der Waals surface area contributed by atoms with E-state index in [1.165, 1.54) is 5.56 Å². The normalized spacial score (nSPS) is 25.6. The molecule has 2 aromatic rings. The topological polar surface area (TPSA) is 59.4 Å². The molecule has 0 radical (unpaired) electrons. The van der Waals surface area contributed by atoms with E-state index in [1.807, 2.05) is 28.8 Å². The Morgan fingerprint density at radius 2 is 2.15 bits per heavy atom. The van der Waals surface area contributed by atoms with E-state index in [9.17, 15) is 4.79 Å². The maximum absolute atomic E-state index is 12.7. The van der Waals surface area contributed by atoms with E-state index in [-0.39, 0.29) is 18.2 Å². The molecule has 6 nitrogen and oxygen atoms in total. The van der Waals surface area contributed by atoms with Crippen molar-refractivity contribution in [2.75, 3.05) is 19.7 Å². The van der Waals surface area contributed by atoms with Crippen molar-refractivity contribution in [1.29, 1.82) is 0 Å². The third-order valence-corrected chi connectivity index (χ3v) is 5.45. The molecule has 0 aliphatic carbocycles. The Hall–Kier alpha value is -2.34. The minimum Gasteiger partial charge on any atom is -0.368 e. The third kappa shape index (κ3) is 3.60. The molecule has 4 rings (SSSR count). The van der Waals surface area contributed by atoms with Gasteiger partial charge in [-0.3, -0.25) is 0 Å². The van der Waals surface area contributed by atoms with Crippen molar-refractivity contribution in [1.82, 2.24) is 19.8 Å². The van der Waals surface area contributed by atoms with Gasteiger partial charge in [0.2, 0.25) is 0 Å². The number of nitrogens with zero attached hydrogens (tertiary/aromatic N) is 3. The molecule has 2 saturated heterocycles. The van der Waals surface area contributed by atoms with Gasteiger partial charge in [-0.25, -0.2) is 9.78 Å². The van der Waals surface area contributed by atoms with Crippen LogP contribution in [-0.4, -0.2) is 46.2 Å². The number of nitrogens with one attached hydrogen (secondary N) is 1. The van der Waals surface area contributed by atoms with Crippen molar-refractivity contribution >= 4 is 6.03 Å². The van der Waals surface area contributed by atoms with Crippen LogP contribution in [0.4, 0.5) is 4.79 Å². The second-order valence-electron chi connectivity index (χ2n) is 7.32. The molecule has 0 spiro atoms. The van der Waals surface area contributed by atoms with Gasteiger partial charge < -0.3 is 19.5 Å². The minimum atomic E-state index is -0.165. The Morgan fingerprint density at radius 1 is 1.31 bits per heavy atom. The molecule has 1 aromatic carbocycles. The molecule has 3 heterocycles. The van der Waals surface area contributed by atoms with Gasteiger partial charge in [-0.2, -0.15) is 0 Å². The summed E-state index contributed by atoms with van der Waals surface area (Å²) in [6, 6.07) is 10.5. The number of hydrogen-bond acceptors (Lipinski definition) is 3. The number of aromatic nitrogens is 2. The van der Waals surface area contributed by atoms with Gasteiger partial charge in [-0.05, 0) is 30.7 Å². The van der Waals surface area contributed by atoms with Gasteiger partial charge in [0.15, 0.2) is 0 Å². The summed E-state index contributed by atoms with van der Waals surface area (Å²) in [7, 11) is 1.96. The molecule has 0 saturated carbocycles. The summed E-state index contributed by atoms with van der Waals surface area (Å²) in [5, 5.41) is 3.18. The lowest BCUT2D eigenvalue weighted by atomic mass is 9.99. The van der Waals surface area contributed by atoms with E-state index < -0.39 is 0 Å². The van der Waals surface area contributed by atoms with Crippen molar-refractivity contribution in [2.24, 2.45) is 13.0 Å². The van der Waals surface area contributed by atoms with Crippen LogP contribution >= 0.6 is 0 Å². The maximum Gasteiger partial charge on any atom is 0.317 e. The SMILES string of the molecule is Cn1ccnc1[C@@H]1OCC[C@H]1NC(=O)N1CCC(Cc2ccccc2)C1. The smallest absolute Gasteiger partial charge is 0.317 e. The van der Waals surface area contributed by atoms with Gasteiger partial charge >= 0.3 is 6.03 Å². The van der Waals surface area contributed by atoms with Crippen LogP contribution in [-0.2, 0) is 18.2 Å². The van der Waals surface area contributed by atoms with Crippen molar-refractivity contribution in [3.05, 3.63) is 54.1 Å². The summed E-state index contributed by atoms with van der Waals surface area (Å²) in [4.78, 5) is 19.1. The van der Waals surface area contributed by atoms with Gasteiger partial charge in [-0.1, -0.05) is 30.3 Å². The highest BCUT2D eigenvalue weighted by Crippen LogP contribution is 2.28. The average molecular weight is 354 g/mol. The highest BCUT2D eigenvalue weighted by molar-refractivity contribution is 5.75. The zero-order chi connectivity index (χ0) is 17.9. The first-order valence-corrected chi connectivity index (χ1v) is 9.39. The van der Waals surface area contributed by atoms with Crippen LogP contribution in [0.15, 0.2) is 42.7 Å². The van der Waals surface area contributed by atoms with Crippen LogP contribution in [0.3, 0.4) is 0 Å². The van der Waals surface area contributed by atoms with Gasteiger partial charge in [0.1, 0.15) is 11.9 Å². The number of ether oxygens (including phenoxy) is 1. The Kier molecular flexibility index (Phi) is 4.93. The zero-order valence-corrected chi connectivity index (χ0v) is 15.2. The number of amides is 2. The summed E-state index contributed by atoms with van der Waals surface area (Å²) in [6.45, 7) is 2.30. The number of likely N-dealkylation sites (tertiary alicyclic amines) is 1. The van der Waals surface area contributed by atoms with E-state index >= 15 is 0 Å². The minimum absolute atomic E-state index is 0.0169. The molecule has 2 amide bonds. The predicted octanol–water partition coefficient (Wildman–Crippen LogP) is 2.52. The second kappa shape index (κ2) is 7.50. The molecule has 1 unspecified atom stereocenters. The van der Waals surface area contributed by atoms with Crippen LogP contribution in [0, 0.1) is 5.92 Å². The first kappa shape index (κ1) is 17.1. The highest BCUT2D eigenvalue weighted by atomic mass is 16.5. The summed E-state index contributed by atoms with van der Waals surface area (Å²) in [5.74, 6) is 1.41. The van der Waals surface area contributed by atoms with E-state index in [0.29, 0.717) is 12.5 Å². The lowest BCUT2D eigenvalue weighted by Gasteiger charge is -2.24. The Labute approximate surface area is 154 Å². The molecule has 2 aliphatic rings. The first-order chi connectivity index (χ1) is 12.7. The number of rotatable bonds is 4. The maximum atomic E-state index is 12.7. The van der Waals surface area contributed by atoms with E-state index in [0.717, 1.165) is 38.2 Å². The Balaban J connectivity index is 1.33. The molecule has 26 heavy (non-hydrogen) atoms. The van der Waals surface area contributed by atoms with Gasteiger partial charge in [0.05, 0.1) is 6.04 Å². The summed E-state index contributed by atoms with van der Waals surface area (Å²) >= 11 is 0.